The van der Waals surface area contributed by atoms with Crippen LogP contribution in [0.3, 0.4) is 0 Å². The molecule has 6 heteroatoms. The predicted octanol–water partition coefficient (Wildman–Crippen LogP) is 2.79. The zero-order valence-electron chi connectivity index (χ0n) is 18.6. The Hall–Kier alpha value is -2.57. The van der Waals surface area contributed by atoms with E-state index in [-0.39, 0.29) is 5.91 Å². The number of piperazine rings is 1. The van der Waals surface area contributed by atoms with E-state index in [4.69, 9.17) is 9.47 Å². The van der Waals surface area contributed by atoms with Gasteiger partial charge in [0.25, 0.3) is 0 Å². The summed E-state index contributed by atoms with van der Waals surface area (Å²) in [7, 11) is 5.19. The highest BCUT2D eigenvalue weighted by molar-refractivity contribution is 5.78. The normalized spacial score (nSPS) is 15.1. The van der Waals surface area contributed by atoms with Gasteiger partial charge in [-0.05, 0) is 30.2 Å². The Morgan fingerprint density at radius 1 is 0.900 bits per heavy atom. The molecule has 0 aliphatic carbocycles. The van der Waals surface area contributed by atoms with Crippen molar-refractivity contribution in [3.63, 3.8) is 0 Å². The molecular weight excluding hydrogens is 378 g/mol. The summed E-state index contributed by atoms with van der Waals surface area (Å²) in [6.07, 6.45) is 0. The molecule has 1 fully saturated rings. The van der Waals surface area contributed by atoms with Gasteiger partial charge in [0.2, 0.25) is 5.91 Å². The van der Waals surface area contributed by atoms with E-state index in [1.54, 1.807) is 14.2 Å². The number of methoxy groups -OCH3 is 2. The van der Waals surface area contributed by atoms with Crippen LogP contribution < -0.4 is 9.47 Å². The van der Waals surface area contributed by atoms with Gasteiger partial charge in [0.05, 0.1) is 20.8 Å². The predicted molar refractivity (Wildman–Crippen MR) is 119 cm³/mol. The average Bonchev–Trinajstić information content (AvgIpc) is 2.76. The summed E-state index contributed by atoms with van der Waals surface area (Å²) in [5, 5.41) is 0. The molecule has 0 spiro atoms. The van der Waals surface area contributed by atoms with Crippen LogP contribution in [-0.4, -0.2) is 74.6 Å². The molecule has 6 nitrogen and oxygen atoms in total. The van der Waals surface area contributed by atoms with Crippen LogP contribution in [-0.2, 0) is 17.9 Å². The third-order valence-electron chi connectivity index (χ3n) is 5.64. The lowest BCUT2D eigenvalue weighted by Crippen LogP contribution is -2.49. The van der Waals surface area contributed by atoms with E-state index in [0.29, 0.717) is 13.1 Å². The molecule has 1 aliphatic heterocycles. The van der Waals surface area contributed by atoms with Gasteiger partial charge in [-0.3, -0.25) is 14.6 Å². The van der Waals surface area contributed by atoms with Crippen LogP contribution in [0.1, 0.15) is 16.7 Å². The number of carbonyl (C=O) groups excluding carboxylic acids is 1. The summed E-state index contributed by atoms with van der Waals surface area (Å²) in [5.74, 6) is 1.68. The smallest absolute Gasteiger partial charge is 0.236 e. The molecule has 1 heterocycles. The number of hydrogen-bond acceptors (Lipinski definition) is 5. The Bertz CT molecular complexity index is 830. The average molecular weight is 412 g/mol. The fourth-order valence-electron chi connectivity index (χ4n) is 3.71. The number of aryl methyl sites for hydroxylation is 1. The molecule has 0 N–H and O–H groups in total. The molecule has 0 radical (unpaired) electrons. The maximum absolute atomic E-state index is 12.6. The first-order chi connectivity index (χ1) is 14.5. The second-order valence-electron chi connectivity index (χ2n) is 7.98. The molecule has 30 heavy (non-hydrogen) atoms. The molecule has 1 saturated heterocycles. The highest BCUT2D eigenvalue weighted by Crippen LogP contribution is 2.28. The maximum Gasteiger partial charge on any atom is 0.236 e. The molecule has 0 saturated carbocycles. The van der Waals surface area contributed by atoms with Crippen molar-refractivity contribution in [2.75, 3.05) is 54.0 Å². The highest BCUT2D eigenvalue weighted by Gasteiger charge is 2.21. The molecule has 2 aromatic rings. The fourth-order valence-corrected chi connectivity index (χ4v) is 3.71. The van der Waals surface area contributed by atoms with Crippen LogP contribution in [0.5, 0.6) is 11.5 Å². The number of hydrogen-bond donors (Lipinski definition) is 0. The molecule has 0 unspecified atom stereocenters. The topological polar surface area (TPSA) is 45.2 Å². The largest absolute Gasteiger partial charge is 0.493 e. The van der Waals surface area contributed by atoms with Crippen molar-refractivity contribution >= 4 is 5.91 Å². The number of benzene rings is 2. The van der Waals surface area contributed by atoms with Crippen molar-refractivity contribution in [2.45, 2.75) is 20.0 Å². The summed E-state index contributed by atoms with van der Waals surface area (Å²) in [6.45, 7) is 7.77. The van der Waals surface area contributed by atoms with Crippen LogP contribution in [0.2, 0.25) is 0 Å². The Labute approximate surface area is 180 Å². The second-order valence-corrected chi connectivity index (χ2v) is 7.98. The van der Waals surface area contributed by atoms with Crippen molar-refractivity contribution in [1.29, 1.82) is 0 Å². The Balaban J connectivity index is 1.45. The van der Waals surface area contributed by atoms with Crippen molar-refractivity contribution in [1.82, 2.24) is 14.7 Å². The minimum atomic E-state index is 0.170. The summed E-state index contributed by atoms with van der Waals surface area (Å²) < 4.78 is 10.7. The minimum Gasteiger partial charge on any atom is -0.493 e. The van der Waals surface area contributed by atoms with Crippen LogP contribution in [0.25, 0.3) is 0 Å². The first-order valence-corrected chi connectivity index (χ1v) is 10.4. The van der Waals surface area contributed by atoms with Crippen LogP contribution in [0.4, 0.5) is 0 Å². The lowest BCUT2D eigenvalue weighted by molar-refractivity contribution is -0.132. The van der Waals surface area contributed by atoms with E-state index in [1.165, 1.54) is 11.1 Å². The molecular formula is C24H33N3O3. The molecule has 2 aromatic carbocycles. The summed E-state index contributed by atoms with van der Waals surface area (Å²) in [5.41, 5.74) is 3.60. The second kappa shape index (κ2) is 10.5. The Morgan fingerprint density at radius 2 is 1.50 bits per heavy atom. The monoisotopic (exact) mass is 411 g/mol. The quantitative estimate of drug-likeness (QED) is 0.668. The standard InChI is InChI=1S/C24H33N3O3/c1-19-5-7-20(8-6-19)16-25(2)24(28)18-27-13-11-26(12-14-27)17-21-9-10-22(29-3)23(15-21)30-4/h5-10,15H,11-14,16-18H2,1-4H3. The molecule has 162 valence electrons. The molecule has 0 atom stereocenters. The number of carbonyl (C=O) groups is 1. The van der Waals surface area contributed by atoms with Crippen LogP contribution in [0.15, 0.2) is 42.5 Å². The lowest BCUT2D eigenvalue weighted by Gasteiger charge is -2.35. The van der Waals surface area contributed by atoms with Gasteiger partial charge in [0, 0.05) is 46.3 Å². The van der Waals surface area contributed by atoms with Crippen molar-refractivity contribution < 1.29 is 14.3 Å². The number of amides is 1. The first-order valence-electron chi connectivity index (χ1n) is 10.4. The maximum atomic E-state index is 12.6. The van der Waals surface area contributed by atoms with Gasteiger partial charge in [-0.1, -0.05) is 35.9 Å². The van der Waals surface area contributed by atoms with E-state index < -0.39 is 0 Å². The Morgan fingerprint density at radius 3 is 2.13 bits per heavy atom. The van der Waals surface area contributed by atoms with Gasteiger partial charge in [0.1, 0.15) is 0 Å². The van der Waals surface area contributed by atoms with Gasteiger partial charge >= 0.3 is 0 Å². The van der Waals surface area contributed by atoms with Crippen molar-refractivity contribution in [2.24, 2.45) is 0 Å². The van der Waals surface area contributed by atoms with Gasteiger partial charge in [0.15, 0.2) is 11.5 Å². The van der Waals surface area contributed by atoms with Gasteiger partial charge in [-0.15, -0.1) is 0 Å². The Kier molecular flexibility index (Phi) is 7.71. The molecule has 0 bridgehead atoms. The van der Waals surface area contributed by atoms with E-state index in [1.807, 2.05) is 24.1 Å². The van der Waals surface area contributed by atoms with Crippen LogP contribution in [0, 0.1) is 6.92 Å². The summed E-state index contributed by atoms with van der Waals surface area (Å²) in [6, 6.07) is 14.4. The number of ether oxygens (including phenoxy) is 2. The summed E-state index contributed by atoms with van der Waals surface area (Å²) >= 11 is 0. The van der Waals surface area contributed by atoms with E-state index in [0.717, 1.165) is 49.8 Å². The number of rotatable bonds is 8. The highest BCUT2D eigenvalue weighted by atomic mass is 16.5. The molecule has 1 amide bonds. The first kappa shape index (κ1) is 22.1. The van der Waals surface area contributed by atoms with Crippen LogP contribution >= 0.6 is 0 Å². The number of likely N-dealkylation sites (N-methyl/N-ethyl adjacent to an activating group) is 1. The van der Waals surface area contributed by atoms with E-state index in [2.05, 4.69) is 47.1 Å². The zero-order valence-corrected chi connectivity index (χ0v) is 18.6. The zero-order chi connectivity index (χ0) is 21.5. The minimum absolute atomic E-state index is 0.170. The molecule has 3 rings (SSSR count). The van der Waals surface area contributed by atoms with Crippen molar-refractivity contribution in [3.8, 4) is 11.5 Å². The van der Waals surface area contributed by atoms with E-state index in [9.17, 15) is 4.79 Å². The fraction of sp³-hybridized carbons (Fsp3) is 0.458. The molecule has 1 aliphatic rings. The third kappa shape index (κ3) is 5.97. The SMILES string of the molecule is COc1ccc(CN2CCN(CC(=O)N(C)Cc3ccc(C)cc3)CC2)cc1OC. The molecule has 0 aromatic heterocycles. The number of nitrogens with zero attached hydrogens (tertiary/aromatic N) is 3. The van der Waals surface area contributed by atoms with Gasteiger partial charge in [-0.2, -0.15) is 0 Å². The third-order valence-corrected chi connectivity index (χ3v) is 5.64. The lowest BCUT2D eigenvalue weighted by atomic mass is 10.1. The van der Waals surface area contributed by atoms with Gasteiger partial charge in [-0.25, -0.2) is 0 Å². The summed E-state index contributed by atoms with van der Waals surface area (Å²) in [4.78, 5) is 19.1. The van der Waals surface area contributed by atoms with Crippen molar-refractivity contribution in [3.05, 3.63) is 59.2 Å². The van der Waals surface area contributed by atoms with E-state index >= 15 is 0 Å². The van der Waals surface area contributed by atoms with Gasteiger partial charge < -0.3 is 14.4 Å².